The van der Waals surface area contributed by atoms with Crippen molar-refractivity contribution >= 4 is 23.5 Å². The third-order valence-corrected chi connectivity index (χ3v) is 3.66. The van der Waals surface area contributed by atoms with E-state index >= 15 is 0 Å². The second-order valence-corrected chi connectivity index (χ2v) is 6.04. The van der Waals surface area contributed by atoms with Gasteiger partial charge in [-0.2, -0.15) is 0 Å². The fourth-order valence-corrected chi connectivity index (χ4v) is 2.59. The van der Waals surface area contributed by atoms with Crippen molar-refractivity contribution in [3.63, 3.8) is 0 Å². The van der Waals surface area contributed by atoms with Crippen LogP contribution in [0.3, 0.4) is 0 Å². The molecule has 0 spiro atoms. The molecule has 0 heterocycles. The van der Waals surface area contributed by atoms with Gasteiger partial charge in [0.1, 0.15) is 0 Å². The normalized spacial score (nSPS) is 10.1. The predicted molar refractivity (Wildman–Crippen MR) is 73.0 cm³/mol. The highest BCUT2D eigenvalue weighted by Crippen LogP contribution is 2.23. The monoisotopic (exact) mass is 230 g/mol. The number of hydrogen-bond donors (Lipinski definition) is 0. The molecule has 0 radical (unpaired) electrons. The molecule has 0 rings (SSSR count). The van der Waals surface area contributed by atoms with Crippen LogP contribution in [0.5, 0.6) is 0 Å². The summed E-state index contributed by atoms with van der Waals surface area (Å²) < 4.78 is 0. The van der Waals surface area contributed by atoms with E-state index in [2.05, 4.69) is 27.0 Å². The molecule has 0 N–H and O–H groups in total. The molecule has 0 atom stereocenters. The molecule has 0 aliphatic carbocycles. The Hall–Kier alpha value is 0.180. The van der Waals surface area contributed by atoms with Gasteiger partial charge in [0.25, 0.3) is 0 Å². The molecule has 0 saturated heterocycles. The lowest BCUT2D eigenvalue weighted by molar-refractivity contribution is 0.755. The largest absolute Gasteiger partial charge is 0.132 e. The van der Waals surface area contributed by atoms with Crippen LogP contribution in [0, 0.1) is 0 Å². The molecule has 0 nitrogen and oxygen atoms in total. The van der Waals surface area contributed by atoms with Crippen LogP contribution in [0.1, 0.15) is 39.5 Å². The molecule has 0 aromatic rings. The third kappa shape index (κ3) is 8.76. The Morgan fingerprint density at radius 3 is 1.50 bits per heavy atom. The molecule has 0 unspecified atom stereocenters. The average molecular weight is 230 g/mol. The summed E-state index contributed by atoms with van der Waals surface area (Å²) in [5.74, 6) is 2.30. The molecule has 0 fully saturated rings. The fourth-order valence-electron chi connectivity index (χ4n) is 1.20. The first-order valence-electron chi connectivity index (χ1n) is 5.31. The van der Waals surface area contributed by atoms with Crippen molar-refractivity contribution in [1.29, 1.82) is 0 Å². The summed E-state index contributed by atoms with van der Waals surface area (Å²) in [6.45, 7) is 12.4. The van der Waals surface area contributed by atoms with Crippen LogP contribution < -0.4 is 0 Å². The minimum Gasteiger partial charge on any atom is -0.132 e. The summed E-state index contributed by atoms with van der Waals surface area (Å²) in [7, 11) is 0. The summed E-state index contributed by atoms with van der Waals surface area (Å²) in [6.07, 6.45) is 4.86. The van der Waals surface area contributed by atoms with E-state index in [1.54, 1.807) is 0 Å². The van der Waals surface area contributed by atoms with Gasteiger partial charge in [-0.15, -0.1) is 23.5 Å². The average Bonchev–Trinajstić information content (AvgIpc) is 2.13. The summed E-state index contributed by atoms with van der Waals surface area (Å²) in [4.78, 5) is 2.67. The van der Waals surface area contributed by atoms with E-state index in [4.69, 9.17) is 0 Å². The molecule has 0 aromatic carbocycles. The van der Waals surface area contributed by atoms with Gasteiger partial charge in [-0.3, -0.25) is 0 Å². The first-order chi connectivity index (χ1) is 6.70. The summed E-state index contributed by atoms with van der Waals surface area (Å²) in [5.41, 5.74) is 0. The fraction of sp³-hybridized carbons (Fsp3) is 0.667. The Labute approximate surface area is 97.6 Å². The van der Waals surface area contributed by atoms with Gasteiger partial charge >= 0.3 is 0 Å². The minimum absolute atomic E-state index is 1.15. The third-order valence-electron chi connectivity index (χ3n) is 1.86. The van der Waals surface area contributed by atoms with Gasteiger partial charge in [0.2, 0.25) is 0 Å². The molecule has 0 aromatic heterocycles. The smallest absolute Gasteiger partial charge is 0.00519 e. The molecule has 0 aliphatic heterocycles. The highest BCUT2D eigenvalue weighted by atomic mass is 32.2. The number of rotatable bonds is 9. The van der Waals surface area contributed by atoms with Crippen molar-refractivity contribution < 1.29 is 0 Å². The van der Waals surface area contributed by atoms with Gasteiger partial charge in [0.05, 0.1) is 0 Å². The van der Waals surface area contributed by atoms with Crippen LogP contribution in [0.2, 0.25) is 0 Å². The number of hydrogen-bond acceptors (Lipinski definition) is 2. The lowest BCUT2D eigenvalue weighted by atomic mass is 10.2. The minimum atomic E-state index is 1.15. The van der Waals surface area contributed by atoms with E-state index in [0.29, 0.717) is 0 Å². The van der Waals surface area contributed by atoms with Crippen molar-refractivity contribution in [2.75, 3.05) is 11.5 Å². The Morgan fingerprint density at radius 1 is 0.857 bits per heavy atom. The summed E-state index contributed by atoms with van der Waals surface area (Å²) >= 11 is 3.76. The maximum atomic E-state index is 4.03. The van der Waals surface area contributed by atoms with Crippen molar-refractivity contribution in [1.82, 2.24) is 0 Å². The van der Waals surface area contributed by atoms with Gasteiger partial charge in [-0.1, -0.05) is 27.0 Å². The Balaban J connectivity index is 3.28. The second-order valence-electron chi connectivity index (χ2n) is 3.15. The summed E-state index contributed by atoms with van der Waals surface area (Å²) in [5, 5.41) is 0. The van der Waals surface area contributed by atoms with Gasteiger partial charge in [-0.25, -0.2) is 0 Å². The van der Waals surface area contributed by atoms with Gasteiger partial charge in [0.15, 0.2) is 0 Å². The topological polar surface area (TPSA) is 0 Å². The summed E-state index contributed by atoms with van der Waals surface area (Å²) in [6, 6.07) is 0. The van der Waals surface area contributed by atoms with Gasteiger partial charge in [0, 0.05) is 0 Å². The Kier molecular flexibility index (Phi) is 9.85. The van der Waals surface area contributed by atoms with Crippen molar-refractivity contribution in [3.8, 4) is 0 Å². The molecular formula is C12H22S2. The first kappa shape index (κ1) is 14.2. The second kappa shape index (κ2) is 9.72. The molecule has 14 heavy (non-hydrogen) atoms. The van der Waals surface area contributed by atoms with Crippen molar-refractivity contribution in [2.24, 2.45) is 0 Å². The quantitative estimate of drug-likeness (QED) is 0.507. The van der Waals surface area contributed by atoms with E-state index < -0.39 is 0 Å². The molecule has 82 valence electrons. The van der Waals surface area contributed by atoms with E-state index in [1.807, 2.05) is 23.5 Å². The number of unbranched alkanes of at least 4 members (excludes halogenated alkanes) is 1. The molecule has 0 aliphatic rings. The lowest BCUT2D eigenvalue weighted by Gasteiger charge is -2.05. The van der Waals surface area contributed by atoms with Crippen LogP contribution in [-0.2, 0) is 0 Å². The number of allylic oxidation sites excluding steroid dienone is 2. The van der Waals surface area contributed by atoms with Crippen LogP contribution in [0.4, 0.5) is 0 Å². The molecule has 0 saturated carbocycles. The van der Waals surface area contributed by atoms with E-state index in [-0.39, 0.29) is 0 Å². The standard InChI is InChI=1S/C12H22S2/c1-5-13-11(3)9-7-8-10-12(4)14-6-2/h3-10H2,1-2H3. The zero-order chi connectivity index (χ0) is 10.8. The highest BCUT2D eigenvalue weighted by molar-refractivity contribution is 8.03. The lowest BCUT2D eigenvalue weighted by Crippen LogP contribution is -1.82. The SMILES string of the molecule is C=C(CCCCC(=C)SCC)SCC. The van der Waals surface area contributed by atoms with Gasteiger partial charge < -0.3 is 0 Å². The van der Waals surface area contributed by atoms with Crippen LogP contribution in [0.25, 0.3) is 0 Å². The molecule has 0 amide bonds. The predicted octanol–water partition coefficient (Wildman–Crippen LogP) is 5.08. The zero-order valence-corrected chi connectivity index (χ0v) is 11.1. The molecule has 2 heteroatoms. The van der Waals surface area contributed by atoms with Crippen molar-refractivity contribution in [2.45, 2.75) is 39.5 Å². The van der Waals surface area contributed by atoms with Crippen LogP contribution in [0.15, 0.2) is 23.0 Å². The van der Waals surface area contributed by atoms with Gasteiger partial charge in [-0.05, 0) is 47.0 Å². The maximum Gasteiger partial charge on any atom is -0.00519 e. The van der Waals surface area contributed by atoms with E-state index in [9.17, 15) is 0 Å². The number of thioether (sulfide) groups is 2. The van der Waals surface area contributed by atoms with E-state index in [1.165, 1.54) is 35.5 Å². The van der Waals surface area contributed by atoms with Crippen molar-refractivity contribution in [3.05, 3.63) is 23.0 Å². The Morgan fingerprint density at radius 2 is 1.21 bits per heavy atom. The molecule has 0 bridgehead atoms. The zero-order valence-electron chi connectivity index (χ0n) is 9.47. The maximum absolute atomic E-state index is 4.03. The van der Waals surface area contributed by atoms with E-state index in [0.717, 1.165) is 11.5 Å². The molecular weight excluding hydrogens is 208 g/mol. The first-order valence-corrected chi connectivity index (χ1v) is 7.29. The Bertz CT molecular complexity index is 153. The van der Waals surface area contributed by atoms with Crippen LogP contribution >= 0.6 is 23.5 Å². The highest BCUT2D eigenvalue weighted by Gasteiger charge is 1.96. The van der Waals surface area contributed by atoms with Crippen LogP contribution in [-0.4, -0.2) is 11.5 Å².